The highest BCUT2D eigenvalue weighted by atomic mass is 16.7. The number of carbonyl (C=O) groups excluding carboxylic acids is 2. The topological polar surface area (TPSA) is 52.6 Å². The van der Waals surface area contributed by atoms with E-state index in [2.05, 4.69) is 13.8 Å². The number of hydrogen-bond acceptors (Lipinski definition) is 4. The molecule has 0 saturated heterocycles. The minimum absolute atomic E-state index is 0.0971. The van der Waals surface area contributed by atoms with Crippen molar-refractivity contribution in [3.05, 3.63) is 0 Å². The molecule has 4 rings (SSSR count). The van der Waals surface area contributed by atoms with E-state index in [4.69, 9.17) is 9.47 Å². The van der Waals surface area contributed by atoms with Crippen molar-refractivity contribution in [3.8, 4) is 0 Å². The average molecular weight is 348 g/mol. The number of ketones is 2. The second-order valence-corrected chi connectivity index (χ2v) is 9.69. The van der Waals surface area contributed by atoms with Crippen LogP contribution in [0.15, 0.2) is 0 Å². The molecule has 0 bridgehead atoms. The summed E-state index contributed by atoms with van der Waals surface area (Å²) in [7, 11) is 1.64. The maximum absolute atomic E-state index is 13.1. The Morgan fingerprint density at radius 1 is 1.08 bits per heavy atom. The molecule has 3 unspecified atom stereocenters. The van der Waals surface area contributed by atoms with E-state index in [0.717, 1.165) is 32.1 Å². The Balaban J connectivity index is 1.57. The van der Waals surface area contributed by atoms with E-state index in [1.807, 2.05) is 0 Å². The van der Waals surface area contributed by atoms with Gasteiger partial charge in [0.05, 0.1) is 6.10 Å². The summed E-state index contributed by atoms with van der Waals surface area (Å²) in [5.74, 6) is 2.44. The molecule has 7 atom stereocenters. The van der Waals surface area contributed by atoms with Crippen molar-refractivity contribution in [1.29, 1.82) is 0 Å². The standard InChI is InChI=1S/C21H32O4/c1-20-6-5-16-15(17(20)8-13(22)11-20)10-19(23)18-9-14(25-12-24-3)4-7-21(16,18)2/h14-18H,4-12H2,1-3H3/t14?,15-,16+,17?,18?,20-,21-/m0/s1. The van der Waals surface area contributed by atoms with Gasteiger partial charge < -0.3 is 9.47 Å². The first-order chi connectivity index (χ1) is 11.9. The molecular weight excluding hydrogens is 316 g/mol. The number of hydrogen-bond donors (Lipinski definition) is 0. The van der Waals surface area contributed by atoms with Crippen LogP contribution in [0.3, 0.4) is 0 Å². The maximum atomic E-state index is 13.1. The fraction of sp³-hybridized carbons (Fsp3) is 0.905. The Hall–Kier alpha value is -0.740. The Bertz CT molecular complexity index is 572. The molecule has 140 valence electrons. The summed E-state index contributed by atoms with van der Waals surface area (Å²) in [4.78, 5) is 25.3. The van der Waals surface area contributed by atoms with Crippen LogP contribution < -0.4 is 0 Å². The van der Waals surface area contributed by atoms with Crippen LogP contribution in [0, 0.1) is 34.5 Å². The van der Waals surface area contributed by atoms with Gasteiger partial charge in [-0.05, 0) is 60.7 Å². The zero-order chi connectivity index (χ0) is 17.8. The molecular formula is C21H32O4. The molecule has 0 amide bonds. The first-order valence-electron chi connectivity index (χ1n) is 10.0. The molecule has 25 heavy (non-hydrogen) atoms. The molecule has 0 spiro atoms. The molecule has 4 aliphatic rings. The number of fused-ring (bicyclic) bond motifs is 5. The summed E-state index contributed by atoms with van der Waals surface area (Å²) < 4.78 is 10.8. The number of carbonyl (C=O) groups is 2. The van der Waals surface area contributed by atoms with Crippen molar-refractivity contribution in [2.75, 3.05) is 13.9 Å². The Kier molecular flexibility index (Phi) is 4.35. The van der Waals surface area contributed by atoms with Crippen LogP contribution >= 0.6 is 0 Å². The van der Waals surface area contributed by atoms with Crippen LogP contribution in [0.1, 0.15) is 65.2 Å². The monoisotopic (exact) mass is 348 g/mol. The molecule has 0 aliphatic heterocycles. The van der Waals surface area contributed by atoms with Crippen molar-refractivity contribution < 1.29 is 19.1 Å². The normalized spacial score (nSPS) is 49.5. The van der Waals surface area contributed by atoms with E-state index in [1.54, 1.807) is 7.11 Å². The summed E-state index contributed by atoms with van der Waals surface area (Å²) in [6.07, 6.45) is 7.58. The summed E-state index contributed by atoms with van der Waals surface area (Å²) in [5.41, 5.74) is 0.250. The van der Waals surface area contributed by atoms with Crippen LogP contribution in [-0.2, 0) is 19.1 Å². The van der Waals surface area contributed by atoms with Crippen molar-refractivity contribution in [2.45, 2.75) is 71.3 Å². The third kappa shape index (κ3) is 2.71. The minimum atomic E-state index is 0.0971. The van der Waals surface area contributed by atoms with Crippen LogP contribution in [0.4, 0.5) is 0 Å². The third-order valence-corrected chi connectivity index (χ3v) is 8.40. The highest BCUT2D eigenvalue weighted by molar-refractivity contribution is 5.85. The van der Waals surface area contributed by atoms with E-state index in [1.165, 1.54) is 6.42 Å². The van der Waals surface area contributed by atoms with Crippen LogP contribution in [0.2, 0.25) is 0 Å². The van der Waals surface area contributed by atoms with Gasteiger partial charge in [-0.2, -0.15) is 0 Å². The van der Waals surface area contributed by atoms with Gasteiger partial charge >= 0.3 is 0 Å². The lowest BCUT2D eigenvalue weighted by atomic mass is 9.45. The van der Waals surface area contributed by atoms with E-state index in [9.17, 15) is 9.59 Å². The van der Waals surface area contributed by atoms with Crippen molar-refractivity contribution >= 4 is 11.6 Å². The first-order valence-corrected chi connectivity index (χ1v) is 10.0. The molecule has 0 N–H and O–H groups in total. The third-order valence-electron chi connectivity index (χ3n) is 8.40. The largest absolute Gasteiger partial charge is 0.359 e. The van der Waals surface area contributed by atoms with Crippen molar-refractivity contribution in [1.82, 2.24) is 0 Å². The number of rotatable bonds is 3. The van der Waals surface area contributed by atoms with Crippen LogP contribution in [0.25, 0.3) is 0 Å². The van der Waals surface area contributed by atoms with Gasteiger partial charge in [-0.15, -0.1) is 0 Å². The summed E-state index contributed by atoms with van der Waals surface area (Å²) in [6, 6.07) is 0. The molecule has 4 nitrogen and oxygen atoms in total. The lowest BCUT2D eigenvalue weighted by molar-refractivity contribution is -0.167. The fourth-order valence-corrected chi connectivity index (χ4v) is 7.10. The van der Waals surface area contributed by atoms with Gasteiger partial charge in [-0.25, -0.2) is 0 Å². The molecule has 0 aromatic heterocycles. The first kappa shape index (κ1) is 17.7. The van der Waals surface area contributed by atoms with Gasteiger partial charge in [0.1, 0.15) is 18.4 Å². The predicted octanol–water partition coefficient (Wildman–Crippen LogP) is 3.77. The zero-order valence-electron chi connectivity index (χ0n) is 15.9. The smallest absolute Gasteiger partial charge is 0.146 e. The van der Waals surface area contributed by atoms with Gasteiger partial charge in [0.15, 0.2) is 0 Å². The number of Topliss-reactive ketones (excluding diaryl/α,β-unsaturated/α-hetero) is 2. The Morgan fingerprint density at radius 2 is 1.88 bits per heavy atom. The molecule has 4 fully saturated rings. The van der Waals surface area contributed by atoms with Gasteiger partial charge in [0, 0.05) is 32.3 Å². The zero-order valence-corrected chi connectivity index (χ0v) is 15.9. The molecule has 4 aliphatic carbocycles. The molecule has 0 radical (unpaired) electrons. The summed E-state index contributed by atoms with van der Waals surface area (Å²) >= 11 is 0. The van der Waals surface area contributed by atoms with Gasteiger partial charge in [-0.3, -0.25) is 9.59 Å². The molecule has 0 aromatic carbocycles. The van der Waals surface area contributed by atoms with Gasteiger partial charge in [0.2, 0.25) is 0 Å². The SMILES string of the molecule is COCOC1CC[C@]2(C)C(C1)C(=O)C[C@@H]1C3CC(=O)C[C@]3(C)CC[C@H]12. The van der Waals surface area contributed by atoms with Crippen LogP contribution in [0.5, 0.6) is 0 Å². The number of ether oxygens (including phenoxy) is 2. The quantitative estimate of drug-likeness (QED) is 0.729. The van der Waals surface area contributed by atoms with E-state index < -0.39 is 0 Å². The Morgan fingerprint density at radius 3 is 2.64 bits per heavy atom. The minimum Gasteiger partial charge on any atom is -0.359 e. The van der Waals surface area contributed by atoms with Gasteiger partial charge in [0.25, 0.3) is 0 Å². The predicted molar refractivity (Wildman–Crippen MR) is 93.9 cm³/mol. The second-order valence-electron chi connectivity index (χ2n) is 9.69. The maximum Gasteiger partial charge on any atom is 0.146 e. The average Bonchev–Trinajstić information content (AvgIpc) is 2.88. The summed E-state index contributed by atoms with van der Waals surface area (Å²) in [5, 5.41) is 0. The van der Waals surface area contributed by atoms with E-state index in [-0.39, 0.29) is 22.9 Å². The van der Waals surface area contributed by atoms with E-state index in [0.29, 0.717) is 49.0 Å². The van der Waals surface area contributed by atoms with E-state index >= 15 is 0 Å². The van der Waals surface area contributed by atoms with Crippen LogP contribution in [-0.4, -0.2) is 31.6 Å². The fourth-order valence-electron chi connectivity index (χ4n) is 7.10. The molecule has 4 saturated carbocycles. The second kappa shape index (κ2) is 6.16. The highest BCUT2D eigenvalue weighted by Crippen LogP contribution is 2.65. The Labute approximate surface area is 151 Å². The lowest BCUT2D eigenvalue weighted by Crippen LogP contribution is -2.56. The highest BCUT2D eigenvalue weighted by Gasteiger charge is 2.61. The molecule has 4 heteroatoms. The molecule has 0 aromatic rings. The van der Waals surface area contributed by atoms with Gasteiger partial charge in [-0.1, -0.05) is 13.8 Å². The molecule has 0 heterocycles. The van der Waals surface area contributed by atoms with Crippen molar-refractivity contribution in [2.24, 2.45) is 34.5 Å². The number of methoxy groups -OCH3 is 1. The van der Waals surface area contributed by atoms with Crippen molar-refractivity contribution in [3.63, 3.8) is 0 Å². The summed E-state index contributed by atoms with van der Waals surface area (Å²) in [6.45, 7) is 4.97. The lowest BCUT2D eigenvalue weighted by Gasteiger charge is -2.59.